The van der Waals surface area contributed by atoms with Gasteiger partial charge in [-0.1, -0.05) is 11.6 Å². The van der Waals surface area contributed by atoms with Crippen molar-refractivity contribution in [3.63, 3.8) is 0 Å². The highest BCUT2D eigenvalue weighted by atomic mass is 35.5. The monoisotopic (exact) mass is 480 g/mol. The third-order valence-corrected chi connectivity index (χ3v) is 7.43. The molecule has 0 bridgehead atoms. The fourth-order valence-electron chi connectivity index (χ4n) is 5.56. The van der Waals surface area contributed by atoms with Gasteiger partial charge in [0.05, 0.1) is 0 Å². The molecule has 180 valence electrons. The highest BCUT2D eigenvalue weighted by Gasteiger charge is 2.27. The summed E-state index contributed by atoms with van der Waals surface area (Å²) >= 11 is 6.40. The zero-order valence-electron chi connectivity index (χ0n) is 19.6. The molecule has 0 aliphatic heterocycles. The number of halogens is 1. The van der Waals surface area contributed by atoms with Gasteiger partial charge in [-0.3, -0.25) is 4.79 Å². The Morgan fingerprint density at radius 3 is 2.38 bits per heavy atom. The number of anilines is 1. The van der Waals surface area contributed by atoms with E-state index in [1.807, 2.05) is 18.3 Å². The SMILES string of the molecule is CC(=O)NC1CCC(N[C@H]2CC[C@H](Nc3cc(-c4c[nH]c5ncccc45)cc(Cl)n3)CC2)CC1. The third-order valence-electron chi connectivity index (χ3n) is 7.24. The number of amides is 1. The molecule has 5 rings (SSSR count). The second kappa shape index (κ2) is 10.3. The first-order chi connectivity index (χ1) is 16.5. The number of fused-ring (bicyclic) bond motifs is 1. The second-order valence-corrected chi connectivity index (χ2v) is 10.2. The average Bonchev–Trinajstić information content (AvgIpc) is 3.25. The number of nitrogens with one attached hydrogen (secondary N) is 4. The van der Waals surface area contributed by atoms with Crippen molar-refractivity contribution in [1.29, 1.82) is 0 Å². The van der Waals surface area contributed by atoms with E-state index in [-0.39, 0.29) is 5.91 Å². The summed E-state index contributed by atoms with van der Waals surface area (Å²) in [5, 5.41) is 12.1. The van der Waals surface area contributed by atoms with Gasteiger partial charge < -0.3 is 20.9 Å². The van der Waals surface area contributed by atoms with E-state index >= 15 is 0 Å². The molecule has 0 atom stereocenters. The predicted molar refractivity (Wildman–Crippen MR) is 137 cm³/mol. The minimum Gasteiger partial charge on any atom is -0.367 e. The van der Waals surface area contributed by atoms with Crippen LogP contribution in [0, 0.1) is 0 Å². The molecule has 7 nitrogen and oxygen atoms in total. The summed E-state index contributed by atoms with van der Waals surface area (Å²) in [4.78, 5) is 23.4. The van der Waals surface area contributed by atoms with Crippen molar-refractivity contribution in [3.05, 3.63) is 41.8 Å². The van der Waals surface area contributed by atoms with Gasteiger partial charge in [-0.2, -0.15) is 0 Å². The smallest absolute Gasteiger partial charge is 0.217 e. The number of aromatic nitrogens is 3. The fourth-order valence-corrected chi connectivity index (χ4v) is 5.77. The molecular weight excluding hydrogens is 448 g/mol. The van der Waals surface area contributed by atoms with Crippen LogP contribution in [0.25, 0.3) is 22.2 Å². The Kier molecular flexibility index (Phi) is 7.02. The van der Waals surface area contributed by atoms with Crippen LogP contribution in [-0.2, 0) is 4.79 Å². The molecule has 0 radical (unpaired) electrons. The lowest BCUT2D eigenvalue weighted by molar-refractivity contribution is -0.119. The molecule has 3 aromatic heterocycles. The lowest BCUT2D eigenvalue weighted by Gasteiger charge is -2.35. The number of pyridine rings is 2. The van der Waals surface area contributed by atoms with Crippen molar-refractivity contribution in [2.45, 2.75) is 82.5 Å². The van der Waals surface area contributed by atoms with E-state index < -0.39 is 0 Å². The average molecular weight is 481 g/mol. The van der Waals surface area contributed by atoms with E-state index in [0.717, 1.165) is 79.3 Å². The molecule has 2 aliphatic rings. The van der Waals surface area contributed by atoms with Crippen LogP contribution in [0.4, 0.5) is 5.82 Å². The van der Waals surface area contributed by atoms with E-state index in [1.54, 1.807) is 13.1 Å². The number of hydrogen-bond donors (Lipinski definition) is 4. The minimum absolute atomic E-state index is 0.0852. The largest absolute Gasteiger partial charge is 0.367 e. The Labute approximate surface area is 205 Å². The number of carbonyl (C=O) groups is 1. The highest BCUT2D eigenvalue weighted by molar-refractivity contribution is 6.29. The number of rotatable bonds is 6. The Balaban J connectivity index is 1.15. The molecule has 4 N–H and O–H groups in total. The van der Waals surface area contributed by atoms with Gasteiger partial charge in [0, 0.05) is 54.4 Å². The molecule has 0 aromatic carbocycles. The molecular formula is C26H33ClN6O. The summed E-state index contributed by atoms with van der Waals surface area (Å²) < 4.78 is 0. The summed E-state index contributed by atoms with van der Waals surface area (Å²) in [6, 6.07) is 9.90. The van der Waals surface area contributed by atoms with E-state index in [1.165, 1.54) is 0 Å². The first kappa shape index (κ1) is 23.1. The summed E-state index contributed by atoms with van der Waals surface area (Å²) in [6.45, 7) is 1.61. The van der Waals surface area contributed by atoms with Crippen LogP contribution in [0.3, 0.4) is 0 Å². The number of carbonyl (C=O) groups excluding carboxylic acids is 1. The van der Waals surface area contributed by atoms with Gasteiger partial charge in [0.25, 0.3) is 0 Å². The van der Waals surface area contributed by atoms with Crippen LogP contribution in [-0.4, -0.2) is 45.0 Å². The maximum Gasteiger partial charge on any atom is 0.217 e. The van der Waals surface area contributed by atoms with Gasteiger partial charge >= 0.3 is 0 Å². The molecule has 0 saturated heterocycles. The van der Waals surface area contributed by atoms with Crippen molar-refractivity contribution in [3.8, 4) is 11.1 Å². The number of H-pyrrole nitrogens is 1. The number of nitrogens with zero attached hydrogens (tertiary/aromatic N) is 2. The zero-order valence-corrected chi connectivity index (χ0v) is 20.4. The molecule has 2 saturated carbocycles. The van der Waals surface area contributed by atoms with Crippen molar-refractivity contribution < 1.29 is 4.79 Å². The maximum atomic E-state index is 11.3. The first-order valence-electron chi connectivity index (χ1n) is 12.4. The van der Waals surface area contributed by atoms with Crippen LogP contribution in [0.1, 0.15) is 58.3 Å². The molecule has 1 amide bonds. The molecule has 2 aliphatic carbocycles. The Morgan fingerprint density at radius 1 is 1.00 bits per heavy atom. The molecule has 2 fully saturated rings. The van der Waals surface area contributed by atoms with Gasteiger partial charge in [0.2, 0.25) is 5.91 Å². The highest BCUT2D eigenvalue weighted by Crippen LogP contribution is 2.32. The minimum atomic E-state index is 0.0852. The molecule has 0 unspecified atom stereocenters. The quantitative estimate of drug-likeness (QED) is 0.371. The Morgan fingerprint density at radius 2 is 1.68 bits per heavy atom. The van der Waals surface area contributed by atoms with Crippen molar-refractivity contribution in [1.82, 2.24) is 25.6 Å². The summed E-state index contributed by atoms with van der Waals surface area (Å²) in [7, 11) is 0. The van der Waals surface area contributed by atoms with Crippen LogP contribution in [0.15, 0.2) is 36.7 Å². The van der Waals surface area contributed by atoms with E-state index in [2.05, 4.69) is 43.0 Å². The Bertz CT molecular complexity index is 1130. The van der Waals surface area contributed by atoms with E-state index in [0.29, 0.717) is 29.3 Å². The molecule has 8 heteroatoms. The van der Waals surface area contributed by atoms with Gasteiger partial charge in [0.1, 0.15) is 16.6 Å². The number of aromatic amines is 1. The van der Waals surface area contributed by atoms with Crippen molar-refractivity contribution in [2.24, 2.45) is 0 Å². The summed E-state index contributed by atoms with van der Waals surface area (Å²) in [5.74, 6) is 0.912. The lowest BCUT2D eigenvalue weighted by atomic mass is 9.87. The number of hydrogen-bond acceptors (Lipinski definition) is 5. The zero-order chi connectivity index (χ0) is 23.5. The molecule has 3 aromatic rings. The summed E-state index contributed by atoms with van der Waals surface area (Å²) in [5.41, 5.74) is 2.98. The van der Waals surface area contributed by atoms with Gasteiger partial charge in [-0.15, -0.1) is 0 Å². The fraction of sp³-hybridized carbons (Fsp3) is 0.500. The third kappa shape index (κ3) is 5.53. The maximum absolute atomic E-state index is 11.3. The van der Waals surface area contributed by atoms with Crippen LogP contribution in [0.5, 0.6) is 0 Å². The van der Waals surface area contributed by atoms with Gasteiger partial charge in [-0.05, 0) is 81.2 Å². The van der Waals surface area contributed by atoms with Crippen molar-refractivity contribution in [2.75, 3.05) is 5.32 Å². The van der Waals surface area contributed by atoms with Crippen LogP contribution >= 0.6 is 11.6 Å². The summed E-state index contributed by atoms with van der Waals surface area (Å²) in [6.07, 6.45) is 12.7. The van der Waals surface area contributed by atoms with E-state index in [9.17, 15) is 4.79 Å². The lowest BCUT2D eigenvalue weighted by Crippen LogP contribution is -2.46. The molecule has 34 heavy (non-hydrogen) atoms. The second-order valence-electron chi connectivity index (χ2n) is 9.77. The Hall–Kier alpha value is -2.64. The van der Waals surface area contributed by atoms with Gasteiger partial charge in [-0.25, -0.2) is 9.97 Å². The normalized spacial score (nSPS) is 25.2. The van der Waals surface area contributed by atoms with Crippen LogP contribution < -0.4 is 16.0 Å². The first-order valence-corrected chi connectivity index (χ1v) is 12.8. The predicted octanol–water partition coefficient (Wildman–Crippen LogP) is 5.04. The van der Waals surface area contributed by atoms with Crippen LogP contribution in [0.2, 0.25) is 5.15 Å². The van der Waals surface area contributed by atoms with Gasteiger partial charge in [0.15, 0.2) is 0 Å². The standard InChI is InChI=1S/C26H33ClN6O/c1-16(34)30-18-4-6-19(7-5-18)31-20-8-10-21(11-9-20)32-25-14-17(13-24(27)33-25)23-15-29-26-22(23)3-2-12-28-26/h2-3,12-15,18-21,31H,4-11H2,1H3,(H,28,29)(H,30,34)(H,32,33)/t18?,19?,20-,21-. The van der Waals surface area contributed by atoms with Crippen molar-refractivity contribution >= 4 is 34.4 Å². The molecule has 0 spiro atoms. The van der Waals surface area contributed by atoms with E-state index in [4.69, 9.17) is 11.6 Å². The topological polar surface area (TPSA) is 94.7 Å². The molecule has 3 heterocycles.